The van der Waals surface area contributed by atoms with Crippen molar-refractivity contribution in [1.29, 1.82) is 0 Å². The van der Waals surface area contributed by atoms with Crippen molar-refractivity contribution in [2.75, 3.05) is 27.2 Å². The number of likely N-dealkylation sites (N-methyl/N-ethyl adjacent to an activating group) is 1. The lowest BCUT2D eigenvalue weighted by atomic mass is 10.0. The second-order valence-electron chi connectivity index (χ2n) is 8.38. The standard InChI is InChI=1S/C29H25NO4/c1-30(2)17-18-32-23-14-12-21(13-15-23)27-25-9-5-6-10-26(25)34-29(31)28(27)33-24-16-11-20-7-3-4-8-22(20)19-24/h3-16,19H,17-18H2,1-2H3. The molecule has 0 aliphatic rings. The molecule has 0 radical (unpaired) electrons. The zero-order valence-electron chi connectivity index (χ0n) is 19.2. The Hall–Kier alpha value is -4.09. The molecule has 1 heterocycles. The molecular weight excluding hydrogens is 426 g/mol. The van der Waals surface area contributed by atoms with Crippen molar-refractivity contribution < 1.29 is 13.9 Å². The van der Waals surface area contributed by atoms with Gasteiger partial charge >= 0.3 is 5.63 Å². The summed E-state index contributed by atoms with van der Waals surface area (Å²) in [6.07, 6.45) is 0. The largest absolute Gasteiger partial charge is 0.492 e. The van der Waals surface area contributed by atoms with Crippen LogP contribution >= 0.6 is 0 Å². The summed E-state index contributed by atoms with van der Waals surface area (Å²) in [5, 5.41) is 2.94. The Kier molecular flexibility index (Phi) is 6.02. The molecule has 5 rings (SSSR count). The fraction of sp³-hybridized carbons (Fsp3) is 0.138. The number of ether oxygens (including phenoxy) is 2. The van der Waals surface area contributed by atoms with E-state index in [1.54, 1.807) is 6.07 Å². The molecule has 0 saturated carbocycles. The second kappa shape index (κ2) is 9.41. The minimum absolute atomic E-state index is 0.162. The van der Waals surface area contributed by atoms with Crippen LogP contribution in [0.15, 0.2) is 100 Å². The van der Waals surface area contributed by atoms with E-state index in [-0.39, 0.29) is 5.75 Å². The maximum absolute atomic E-state index is 13.0. The van der Waals surface area contributed by atoms with Crippen molar-refractivity contribution in [3.63, 3.8) is 0 Å². The molecule has 0 amide bonds. The number of nitrogens with zero attached hydrogens (tertiary/aromatic N) is 1. The predicted octanol–water partition coefficient (Wildman–Crippen LogP) is 6.35. The first kappa shape index (κ1) is 21.7. The molecule has 0 atom stereocenters. The molecule has 5 heteroatoms. The SMILES string of the molecule is CN(C)CCOc1ccc(-c2c(Oc3ccc4ccccc4c3)c(=O)oc3ccccc23)cc1. The van der Waals surface area contributed by atoms with E-state index in [2.05, 4.69) is 4.90 Å². The van der Waals surface area contributed by atoms with Gasteiger partial charge in [0.1, 0.15) is 23.7 Å². The lowest BCUT2D eigenvalue weighted by Gasteiger charge is -2.14. The molecule has 34 heavy (non-hydrogen) atoms. The summed E-state index contributed by atoms with van der Waals surface area (Å²) in [7, 11) is 4.02. The molecule has 0 unspecified atom stereocenters. The van der Waals surface area contributed by atoms with Crippen molar-refractivity contribution in [3.8, 4) is 28.4 Å². The predicted molar refractivity (Wildman–Crippen MR) is 136 cm³/mol. The van der Waals surface area contributed by atoms with Gasteiger partial charge in [0.25, 0.3) is 0 Å². The van der Waals surface area contributed by atoms with Crippen LogP contribution in [0.25, 0.3) is 32.9 Å². The number of para-hydroxylation sites is 1. The Bertz CT molecular complexity index is 1500. The molecule has 4 aromatic carbocycles. The number of hydrogen-bond donors (Lipinski definition) is 0. The fourth-order valence-electron chi connectivity index (χ4n) is 3.92. The van der Waals surface area contributed by atoms with Crippen LogP contribution in [0.5, 0.6) is 17.2 Å². The number of rotatable bonds is 7. The van der Waals surface area contributed by atoms with E-state index in [0.717, 1.165) is 34.0 Å². The average Bonchev–Trinajstić information content (AvgIpc) is 2.85. The lowest BCUT2D eigenvalue weighted by molar-refractivity contribution is 0.261. The van der Waals surface area contributed by atoms with Crippen molar-refractivity contribution in [3.05, 3.63) is 101 Å². The van der Waals surface area contributed by atoms with E-state index in [4.69, 9.17) is 13.9 Å². The molecule has 5 nitrogen and oxygen atoms in total. The maximum Gasteiger partial charge on any atom is 0.380 e. The van der Waals surface area contributed by atoms with Crippen LogP contribution in [0.2, 0.25) is 0 Å². The van der Waals surface area contributed by atoms with Crippen LogP contribution in [-0.4, -0.2) is 32.1 Å². The molecule has 1 aromatic heterocycles. The van der Waals surface area contributed by atoms with Crippen LogP contribution < -0.4 is 15.1 Å². The zero-order chi connectivity index (χ0) is 23.5. The van der Waals surface area contributed by atoms with E-state index < -0.39 is 5.63 Å². The van der Waals surface area contributed by atoms with Crippen molar-refractivity contribution in [2.24, 2.45) is 0 Å². The smallest absolute Gasteiger partial charge is 0.380 e. The molecule has 5 aromatic rings. The lowest BCUT2D eigenvalue weighted by Crippen LogP contribution is -2.19. The number of fused-ring (bicyclic) bond motifs is 2. The molecule has 0 saturated heterocycles. The van der Waals surface area contributed by atoms with Gasteiger partial charge in [0.05, 0.1) is 0 Å². The van der Waals surface area contributed by atoms with Gasteiger partial charge in [-0.25, -0.2) is 4.79 Å². The van der Waals surface area contributed by atoms with E-state index in [0.29, 0.717) is 23.5 Å². The van der Waals surface area contributed by atoms with Gasteiger partial charge in [-0.05, 0) is 60.8 Å². The third-order valence-corrected chi connectivity index (χ3v) is 5.66. The van der Waals surface area contributed by atoms with Crippen LogP contribution in [0.1, 0.15) is 0 Å². The van der Waals surface area contributed by atoms with Gasteiger partial charge in [-0.15, -0.1) is 0 Å². The van der Waals surface area contributed by atoms with Crippen LogP contribution in [0, 0.1) is 0 Å². The molecule has 0 N–H and O–H groups in total. The Morgan fingerprint density at radius 2 is 1.50 bits per heavy atom. The van der Waals surface area contributed by atoms with E-state index in [9.17, 15) is 4.79 Å². The molecule has 0 spiro atoms. The molecule has 0 aliphatic heterocycles. The van der Waals surface area contributed by atoms with Gasteiger partial charge in [-0.2, -0.15) is 0 Å². The Labute approximate surface area is 197 Å². The van der Waals surface area contributed by atoms with E-state index in [1.807, 2.05) is 99.0 Å². The van der Waals surface area contributed by atoms with Crippen LogP contribution in [-0.2, 0) is 0 Å². The minimum Gasteiger partial charge on any atom is -0.492 e. The average molecular weight is 452 g/mol. The van der Waals surface area contributed by atoms with Crippen molar-refractivity contribution >= 4 is 21.7 Å². The van der Waals surface area contributed by atoms with Gasteiger partial charge in [-0.3, -0.25) is 0 Å². The Balaban J connectivity index is 1.57. The Morgan fingerprint density at radius 3 is 2.29 bits per heavy atom. The van der Waals surface area contributed by atoms with Crippen LogP contribution in [0.4, 0.5) is 0 Å². The highest BCUT2D eigenvalue weighted by Crippen LogP contribution is 2.38. The van der Waals surface area contributed by atoms with Crippen molar-refractivity contribution in [1.82, 2.24) is 4.90 Å². The minimum atomic E-state index is -0.520. The normalized spacial score (nSPS) is 11.3. The highest BCUT2D eigenvalue weighted by Gasteiger charge is 2.19. The summed E-state index contributed by atoms with van der Waals surface area (Å²) >= 11 is 0. The third-order valence-electron chi connectivity index (χ3n) is 5.66. The molecule has 0 fully saturated rings. The second-order valence-corrected chi connectivity index (χ2v) is 8.38. The zero-order valence-corrected chi connectivity index (χ0v) is 19.2. The first-order valence-corrected chi connectivity index (χ1v) is 11.2. The fourth-order valence-corrected chi connectivity index (χ4v) is 3.92. The third kappa shape index (κ3) is 4.51. The quantitative estimate of drug-likeness (QED) is 0.270. The van der Waals surface area contributed by atoms with Gasteiger partial charge in [-0.1, -0.05) is 60.7 Å². The highest BCUT2D eigenvalue weighted by atomic mass is 16.5. The van der Waals surface area contributed by atoms with Gasteiger partial charge in [0.2, 0.25) is 5.75 Å². The molecule has 0 bridgehead atoms. The first-order valence-electron chi connectivity index (χ1n) is 11.2. The van der Waals surface area contributed by atoms with Gasteiger partial charge in [0.15, 0.2) is 0 Å². The van der Waals surface area contributed by atoms with Gasteiger partial charge in [0, 0.05) is 17.5 Å². The number of hydrogen-bond acceptors (Lipinski definition) is 5. The molecule has 170 valence electrons. The van der Waals surface area contributed by atoms with E-state index >= 15 is 0 Å². The van der Waals surface area contributed by atoms with Crippen LogP contribution in [0.3, 0.4) is 0 Å². The molecule has 0 aliphatic carbocycles. The first-order chi connectivity index (χ1) is 16.6. The number of benzene rings is 4. The van der Waals surface area contributed by atoms with Crippen molar-refractivity contribution in [2.45, 2.75) is 0 Å². The molecular formula is C29H25NO4. The summed E-state index contributed by atoms with van der Waals surface area (Å²) in [5.41, 5.74) is 1.53. The summed E-state index contributed by atoms with van der Waals surface area (Å²) in [4.78, 5) is 15.1. The summed E-state index contributed by atoms with van der Waals surface area (Å²) in [6.45, 7) is 1.43. The Morgan fingerprint density at radius 1 is 0.794 bits per heavy atom. The monoisotopic (exact) mass is 451 g/mol. The summed E-state index contributed by atoms with van der Waals surface area (Å²) < 4.78 is 17.6. The summed E-state index contributed by atoms with van der Waals surface area (Å²) in [5.74, 6) is 1.51. The highest BCUT2D eigenvalue weighted by molar-refractivity contribution is 5.96. The maximum atomic E-state index is 13.0. The summed E-state index contributed by atoms with van der Waals surface area (Å²) in [6, 6.07) is 29.0. The topological polar surface area (TPSA) is 51.9 Å². The van der Waals surface area contributed by atoms with Gasteiger partial charge < -0.3 is 18.8 Å². The van der Waals surface area contributed by atoms with E-state index in [1.165, 1.54) is 0 Å².